The standard InChI is InChI=1S/C11H14O3S/c1-7-5-9-6-10(15(12,13)14)3-4-11(9)8(7)2/h3-4,6-8H,5H2,1-2H3,(H,12,13,14). The minimum atomic E-state index is -4.06. The largest absolute Gasteiger partial charge is 0.294 e. The minimum absolute atomic E-state index is 0.00236. The zero-order valence-electron chi connectivity index (χ0n) is 8.77. The van der Waals surface area contributed by atoms with E-state index in [4.69, 9.17) is 4.55 Å². The summed E-state index contributed by atoms with van der Waals surface area (Å²) in [6.45, 7) is 4.29. The van der Waals surface area contributed by atoms with Gasteiger partial charge in [-0.25, -0.2) is 0 Å². The van der Waals surface area contributed by atoms with Crippen molar-refractivity contribution in [2.45, 2.75) is 31.1 Å². The highest BCUT2D eigenvalue weighted by molar-refractivity contribution is 7.85. The highest BCUT2D eigenvalue weighted by Crippen LogP contribution is 2.37. The zero-order chi connectivity index (χ0) is 11.2. The number of benzene rings is 1. The Morgan fingerprint density at radius 1 is 1.33 bits per heavy atom. The molecular weight excluding hydrogens is 212 g/mol. The summed E-state index contributed by atoms with van der Waals surface area (Å²) in [6, 6.07) is 4.87. The summed E-state index contributed by atoms with van der Waals surface area (Å²) in [7, 11) is -4.06. The molecule has 2 rings (SSSR count). The van der Waals surface area contributed by atoms with E-state index in [0.717, 1.165) is 12.0 Å². The van der Waals surface area contributed by atoms with Gasteiger partial charge in [-0.3, -0.25) is 4.55 Å². The van der Waals surface area contributed by atoms with Crippen LogP contribution in [0.15, 0.2) is 23.1 Å². The van der Waals surface area contributed by atoms with E-state index in [0.29, 0.717) is 11.8 Å². The number of rotatable bonds is 1. The third-order valence-corrected chi connectivity index (χ3v) is 4.15. The molecule has 0 fully saturated rings. The Balaban J connectivity index is 2.51. The van der Waals surface area contributed by atoms with Crippen molar-refractivity contribution >= 4 is 10.1 Å². The Hall–Kier alpha value is -0.870. The van der Waals surface area contributed by atoms with Crippen LogP contribution in [0, 0.1) is 5.92 Å². The molecular formula is C11H14O3S. The van der Waals surface area contributed by atoms with Crippen molar-refractivity contribution in [1.29, 1.82) is 0 Å². The van der Waals surface area contributed by atoms with Gasteiger partial charge in [0.2, 0.25) is 0 Å². The Kier molecular flexibility index (Phi) is 2.35. The molecule has 4 heteroatoms. The van der Waals surface area contributed by atoms with Crippen LogP contribution >= 0.6 is 0 Å². The van der Waals surface area contributed by atoms with E-state index in [1.54, 1.807) is 6.07 Å². The van der Waals surface area contributed by atoms with Gasteiger partial charge in [0.25, 0.3) is 10.1 Å². The van der Waals surface area contributed by atoms with Crippen molar-refractivity contribution in [3.8, 4) is 0 Å². The van der Waals surface area contributed by atoms with Gasteiger partial charge in [0.1, 0.15) is 0 Å². The average molecular weight is 226 g/mol. The van der Waals surface area contributed by atoms with Crippen molar-refractivity contribution in [2.75, 3.05) is 0 Å². The second kappa shape index (κ2) is 3.32. The van der Waals surface area contributed by atoms with E-state index in [-0.39, 0.29) is 4.90 Å². The van der Waals surface area contributed by atoms with E-state index in [9.17, 15) is 8.42 Å². The van der Waals surface area contributed by atoms with Crippen LogP contribution in [0.2, 0.25) is 0 Å². The van der Waals surface area contributed by atoms with Crippen molar-refractivity contribution in [2.24, 2.45) is 5.92 Å². The molecule has 0 heterocycles. The van der Waals surface area contributed by atoms with E-state index >= 15 is 0 Å². The fraction of sp³-hybridized carbons (Fsp3) is 0.455. The summed E-state index contributed by atoms with van der Waals surface area (Å²) < 4.78 is 30.8. The smallest absolute Gasteiger partial charge is 0.282 e. The molecule has 0 bridgehead atoms. The molecule has 0 radical (unpaired) electrons. The Morgan fingerprint density at radius 2 is 2.00 bits per heavy atom. The molecule has 0 spiro atoms. The fourth-order valence-corrected chi connectivity index (χ4v) is 2.72. The van der Waals surface area contributed by atoms with Crippen LogP contribution < -0.4 is 0 Å². The number of fused-ring (bicyclic) bond motifs is 1. The maximum atomic E-state index is 11.0. The van der Waals surface area contributed by atoms with Crippen LogP contribution in [0.4, 0.5) is 0 Å². The number of hydrogen-bond acceptors (Lipinski definition) is 2. The molecule has 3 nitrogen and oxygen atoms in total. The molecule has 0 aromatic heterocycles. The lowest BCUT2D eigenvalue weighted by molar-refractivity contribution is 0.483. The fourth-order valence-electron chi connectivity index (χ4n) is 2.19. The lowest BCUT2D eigenvalue weighted by atomic mass is 9.97. The molecule has 1 aromatic rings. The second-order valence-electron chi connectivity index (χ2n) is 4.31. The van der Waals surface area contributed by atoms with Crippen molar-refractivity contribution < 1.29 is 13.0 Å². The van der Waals surface area contributed by atoms with Crippen LogP contribution in [-0.2, 0) is 16.5 Å². The first-order valence-corrected chi connectivity index (χ1v) is 6.44. The first kappa shape index (κ1) is 10.6. The van der Waals surface area contributed by atoms with Gasteiger partial charge < -0.3 is 0 Å². The third kappa shape index (κ3) is 1.79. The summed E-state index contributed by atoms with van der Waals surface area (Å²) in [5.41, 5.74) is 2.25. The van der Waals surface area contributed by atoms with Gasteiger partial charge in [-0.2, -0.15) is 8.42 Å². The van der Waals surface area contributed by atoms with E-state index in [1.807, 2.05) is 6.07 Å². The Morgan fingerprint density at radius 3 is 2.60 bits per heavy atom. The van der Waals surface area contributed by atoms with Crippen molar-refractivity contribution in [3.05, 3.63) is 29.3 Å². The summed E-state index contributed by atoms with van der Waals surface area (Å²) in [5, 5.41) is 0. The molecule has 15 heavy (non-hydrogen) atoms. The summed E-state index contributed by atoms with van der Waals surface area (Å²) in [4.78, 5) is 0.00236. The van der Waals surface area contributed by atoms with Crippen LogP contribution in [-0.4, -0.2) is 13.0 Å². The lowest BCUT2D eigenvalue weighted by Crippen LogP contribution is -1.99. The zero-order valence-corrected chi connectivity index (χ0v) is 9.58. The van der Waals surface area contributed by atoms with Crippen LogP contribution in [0.25, 0.3) is 0 Å². The predicted molar refractivity (Wildman–Crippen MR) is 57.5 cm³/mol. The molecule has 0 saturated heterocycles. The van der Waals surface area contributed by atoms with Gasteiger partial charge in [0.15, 0.2) is 0 Å². The lowest BCUT2D eigenvalue weighted by Gasteiger charge is -2.08. The molecule has 0 aliphatic heterocycles. The van der Waals surface area contributed by atoms with E-state index in [2.05, 4.69) is 13.8 Å². The summed E-state index contributed by atoms with van der Waals surface area (Å²) in [6.07, 6.45) is 0.889. The van der Waals surface area contributed by atoms with Gasteiger partial charge in [-0.15, -0.1) is 0 Å². The van der Waals surface area contributed by atoms with Crippen molar-refractivity contribution in [3.63, 3.8) is 0 Å². The van der Waals surface area contributed by atoms with Crippen molar-refractivity contribution in [1.82, 2.24) is 0 Å². The second-order valence-corrected chi connectivity index (χ2v) is 5.73. The topological polar surface area (TPSA) is 54.4 Å². The summed E-state index contributed by atoms with van der Waals surface area (Å²) >= 11 is 0. The Bertz CT molecular complexity index is 491. The van der Waals surface area contributed by atoms with E-state index in [1.165, 1.54) is 11.6 Å². The van der Waals surface area contributed by atoms with E-state index < -0.39 is 10.1 Å². The highest BCUT2D eigenvalue weighted by atomic mass is 32.2. The monoisotopic (exact) mass is 226 g/mol. The first-order valence-electron chi connectivity index (χ1n) is 5.00. The van der Waals surface area contributed by atoms with Gasteiger partial charge in [-0.1, -0.05) is 19.9 Å². The molecule has 2 unspecified atom stereocenters. The highest BCUT2D eigenvalue weighted by Gasteiger charge is 2.26. The molecule has 0 amide bonds. The van der Waals surface area contributed by atoms with Crippen LogP contribution in [0.5, 0.6) is 0 Å². The first-order chi connectivity index (χ1) is 6.89. The number of hydrogen-bond donors (Lipinski definition) is 1. The van der Waals surface area contributed by atoms with Gasteiger partial charge in [0.05, 0.1) is 4.90 Å². The third-order valence-electron chi connectivity index (χ3n) is 3.30. The van der Waals surface area contributed by atoms with Gasteiger partial charge >= 0.3 is 0 Å². The van der Waals surface area contributed by atoms with Crippen LogP contribution in [0.3, 0.4) is 0 Å². The van der Waals surface area contributed by atoms with Crippen LogP contribution in [0.1, 0.15) is 30.9 Å². The minimum Gasteiger partial charge on any atom is -0.282 e. The normalized spacial score (nSPS) is 25.3. The summed E-state index contributed by atoms with van der Waals surface area (Å²) in [5.74, 6) is 1.01. The SMILES string of the molecule is CC1Cc2cc(S(=O)(=O)O)ccc2C1C. The quantitative estimate of drug-likeness (QED) is 0.747. The maximum absolute atomic E-state index is 11.0. The average Bonchev–Trinajstić information content (AvgIpc) is 2.41. The molecule has 1 aliphatic rings. The molecule has 82 valence electrons. The molecule has 2 atom stereocenters. The molecule has 0 saturated carbocycles. The Labute approximate surface area is 89.9 Å². The predicted octanol–water partition coefficient (Wildman–Crippen LogP) is 2.23. The molecule has 1 aromatic carbocycles. The van der Waals surface area contributed by atoms with Gasteiger partial charge in [0, 0.05) is 0 Å². The maximum Gasteiger partial charge on any atom is 0.294 e. The molecule has 1 N–H and O–H groups in total. The van der Waals surface area contributed by atoms with Gasteiger partial charge in [-0.05, 0) is 41.5 Å². The molecule has 1 aliphatic carbocycles.